The van der Waals surface area contributed by atoms with Gasteiger partial charge in [0.2, 0.25) is 11.8 Å². The molecule has 38 heavy (non-hydrogen) atoms. The second kappa shape index (κ2) is 11.3. The van der Waals surface area contributed by atoms with Crippen molar-refractivity contribution in [2.45, 2.75) is 13.3 Å². The fourth-order valence-corrected chi connectivity index (χ4v) is 4.05. The van der Waals surface area contributed by atoms with Gasteiger partial charge in [-0.25, -0.2) is 15.0 Å². The lowest BCUT2D eigenvalue weighted by Gasteiger charge is -2.13. The molecule has 5 rings (SSSR count). The molecule has 7 nitrogen and oxygen atoms in total. The summed E-state index contributed by atoms with van der Waals surface area (Å²) in [5.74, 6) is 1.21. The van der Waals surface area contributed by atoms with E-state index in [2.05, 4.69) is 43.8 Å². The van der Waals surface area contributed by atoms with Crippen molar-refractivity contribution >= 4 is 17.5 Å². The minimum absolute atomic E-state index is 0.220. The van der Waals surface area contributed by atoms with Crippen LogP contribution in [0.3, 0.4) is 0 Å². The van der Waals surface area contributed by atoms with Crippen molar-refractivity contribution in [1.82, 2.24) is 15.0 Å². The Kier molecular flexibility index (Phi) is 7.36. The van der Waals surface area contributed by atoms with Gasteiger partial charge in [-0.05, 0) is 72.5 Å². The summed E-state index contributed by atoms with van der Waals surface area (Å²) in [6, 6.07) is 29.0. The molecule has 0 saturated carbocycles. The van der Waals surface area contributed by atoms with E-state index in [4.69, 9.17) is 4.74 Å². The maximum Gasteiger partial charge on any atom is 0.255 e. The Hall–Kier alpha value is -5.04. The van der Waals surface area contributed by atoms with Gasteiger partial charge in [-0.1, -0.05) is 48.5 Å². The Morgan fingerprint density at radius 1 is 0.842 bits per heavy atom. The highest BCUT2D eigenvalue weighted by Crippen LogP contribution is 2.32. The molecular formula is C31H27N5O2. The Bertz CT molecular complexity index is 1570. The van der Waals surface area contributed by atoms with E-state index in [0.717, 1.165) is 28.8 Å². The van der Waals surface area contributed by atoms with E-state index in [-0.39, 0.29) is 5.91 Å². The summed E-state index contributed by atoms with van der Waals surface area (Å²) in [6.07, 6.45) is 4.13. The van der Waals surface area contributed by atoms with Gasteiger partial charge in [0.25, 0.3) is 5.91 Å². The quantitative estimate of drug-likeness (QED) is 0.251. The molecule has 3 aromatic carbocycles. The summed E-state index contributed by atoms with van der Waals surface area (Å²) >= 11 is 0. The number of carbonyl (C=O) groups is 1. The van der Waals surface area contributed by atoms with E-state index in [0.29, 0.717) is 28.8 Å². The second-order valence-corrected chi connectivity index (χ2v) is 8.77. The Morgan fingerprint density at radius 2 is 1.68 bits per heavy atom. The smallest absolute Gasteiger partial charge is 0.255 e. The standard InChI is InChI=1S/C31H27N5O2/c1-21-13-14-24(29(37)35-25-11-6-10-23(19-25)18-22-8-4-3-5-9-22)20-28(21)38-30-26(12-7-16-33-30)27-15-17-34-31(32-2)36-27/h3-17,19-20H,18H2,1-2H3,(H,35,37)(H,32,34,36). The van der Waals surface area contributed by atoms with E-state index < -0.39 is 0 Å². The van der Waals surface area contributed by atoms with Crippen LogP contribution in [0.1, 0.15) is 27.0 Å². The molecule has 0 spiro atoms. The highest BCUT2D eigenvalue weighted by molar-refractivity contribution is 6.04. The molecule has 0 aliphatic carbocycles. The summed E-state index contributed by atoms with van der Waals surface area (Å²) < 4.78 is 6.22. The number of amides is 1. The van der Waals surface area contributed by atoms with Crippen LogP contribution >= 0.6 is 0 Å². The molecule has 0 saturated heterocycles. The topological polar surface area (TPSA) is 89.0 Å². The maximum atomic E-state index is 13.2. The summed E-state index contributed by atoms with van der Waals surface area (Å²) in [7, 11) is 1.76. The van der Waals surface area contributed by atoms with Crippen LogP contribution in [-0.4, -0.2) is 27.9 Å². The summed E-state index contributed by atoms with van der Waals surface area (Å²) in [6.45, 7) is 1.93. The van der Waals surface area contributed by atoms with Gasteiger partial charge in [0.1, 0.15) is 5.75 Å². The fourth-order valence-electron chi connectivity index (χ4n) is 4.05. The van der Waals surface area contributed by atoms with Crippen molar-refractivity contribution in [2.75, 3.05) is 17.7 Å². The van der Waals surface area contributed by atoms with Crippen molar-refractivity contribution in [3.8, 4) is 22.9 Å². The third-order valence-corrected chi connectivity index (χ3v) is 6.02. The number of aryl methyl sites for hydroxylation is 1. The Labute approximate surface area is 221 Å². The SMILES string of the molecule is CNc1nccc(-c2cccnc2Oc2cc(C(=O)Nc3cccc(Cc4ccccc4)c3)ccc2C)n1. The molecule has 5 aromatic rings. The molecule has 0 atom stereocenters. The first-order valence-electron chi connectivity index (χ1n) is 12.3. The summed E-state index contributed by atoms with van der Waals surface area (Å²) in [5, 5.41) is 5.95. The van der Waals surface area contributed by atoms with Gasteiger partial charge in [-0.2, -0.15) is 0 Å². The predicted octanol–water partition coefficient (Wildman–Crippen LogP) is 6.52. The van der Waals surface area contributed by atoms with Gasteiger partial charge in [0, 0.05) is 30.7 Å². The lowest BCUT2D eigenvalue weighted by molar-refractivity contribution is 0.102. The second-order valence-electron chi connectivity index (χ2n) is 8.77. The fraction of sp³-hybridized carbons (Fsp3) is 0.0968. The zero-order valence-corrected chi connectivity index (χ0v) is 21.2. The summed E-state index contributed by atoms with van der Waals surface area (Å²) in [4.78, 5) is 26.3. The predicted molar refractivity (Wildman–Crippen MR) is 150 cm³/mol. The lowest BCUT2D eigenvalue weighted by Crippen LogP contribution is -2.12. The van der Waals surface area contributed by atoms with Crippen molar-refractivity contribution in [3.63, 3.8) is 0 Å². The normalized spacial score (nSPS) is 10.6. The van der Waals surface area contributed by atoms with Crippen LogP contribution in [0.15, 0.2) is 103 Å². The van der Waals surface area contributed by atoms with E-state index in [1.54, 1.807) is 37.6 Å². The molecule has 1 amide bonds. The van der Waals surface area contributed by atoms with Gasteiger partial charge in [0.15, 0.2) is 0 Å². The number of benzene rings is 3. The molecule has 0 aliphatic rings. The number of nitrogens with zero attached hydrogens (tertiary/aromatic N) is 3. The molecule has 0 aliphatic heterocycles. The van der Waals surface area contributed by atoms with Crippen molar-refractivity contribution in [2.24, 2.45) is 0 Å². The lowest BCUT2D eigenvalue weighted by atomic mass is 10.0. The van der Waals surface area contributed by atoms with Gasteiger partial charge in [0.05, 0.1) is 11.3 Å². The minimum atomic E-state index is -0.220. The number of hydrogen-bond acceptors (Lipinski definition) is 6. The molecule has 2 aromatic heterocycles. The van der Waals surface area contributed by atoms with Crippen LogP contribution in [0.25, 0.3) is 11.3 Å². The number of nitrogens with one attached hydrogen (secondary N) is 2. The average Bonchev–Trinajstić information content (AvgIpc) is 2.95. The van der Waals surface area contributed by atoms with Crippen molar-refractivity contribution in [1.29, 1.82) is 0 Å². The van der Waals surface area contributed by atoms with Crippen LogP contribution in [0.4, 0.5) is 11.6 Å². The van der Waals surface area contributed by atoms with Crippen LogP contribution in [0.5, 0.6) is 11.6 Å². The first-order chi connectivity index (χ1) is 18.6. The monoisotopic (exact) mass is 501 g/mol. The third-order valence-electron chi connectivity index (χ3n) is 6.02. The van der Waals surface area contributed by atoms with Gasteiger partial charge in [-0.15, -0.1) is 0 Å². The first-order valence-corrected chi connectivity index (χ1v) is 12.3. The molecule has 0 fully saturated rings. The molecule has 0 unspecified atom stereocenters. The number of aromatic nitrogens is 3. The third kappa shape index (κ3) is 5.84. The molecule has 7 heteroatoms. The number of ether oxygens (including phenoxy) is 1. The van der Waals surface area contributed by atoms with E-state index in [1.165, 1.54) is 5.56 Å². The molecule has 2 N–H and O–H groups in total. The first kappa shape index (κ1) is 24.6. The zero-order chi connectivity index (χ0) is 26.3. The van der Waals surface area contributed by atoms with E-state index in [9.17, 15) is 4.79 Å². The average molecular weight is 502 g/mol. The summed E-state index contributed by atoms with van der Waals surface area (Å²) in [5.41, 5.74) is 5.83. The molecular weight excluding hydrogens is 474 g/mol. The van der Waals surface area contributed by atoms with Crippen molar-refractivity contribution < 1.29 is 9.53 Å². The zero-order valence-electron chi connectivity index (χ0n) is 21.2. The minimum Gasteiger partial charge on any atom is -0.438 e. The van der Waals surface area contributed by atoms with Gasteiger partial charge in [-0.3, -0.25) is 4.79 Å². The van der Waals surface area contributed by atoms with Crippen molar-refractivity contribution in [3.05, 3.63) is 126 Å². The molecule has 188 valence electrons. The van der Waals surface area contributed by atoms with Crippen LogP contribution in [-0.2, 0) is 6.42 Å². The van der Waals surface area contributed by atoms with Crippen LogP contribution < -0.4 is 15.4 Å². The number of rotatable bonds is 8. The van der Waals surface area contributed by atoms with E-state index in [1.807, 2.05) is 61.5 Å². The number of carbonyl (C=O) groups excluding carboxylic acids is 1. The molecule has 2 heterocycles. The Balaban J connectivity index is 1.35. The maximum absolute atomic E-state index is 13.2. The van der Waals surface area contributed by atoms with Crippen LogP contribution in [0, 0.1) is 6.92 Å². The Morgan fingerprint density at radius 3 is 2.53 bits per heavy atom. The van der Waals surface area contributed by atoms with Gasteiger partial charge < -0.3 is 15.4 Å². The molecule has 0 radical (unpaired) electrons. The van der Waals surface area contributed by atoms with Gasteiger partial charge >= 0.3 is 0 Å². The molecule has 0 bridgehead atoms. The number of hydrogen-bond donors (Lipinski definition) is 2. The highest BCUT2D eigenvalue weighted by atomic mass is 16.5. The van der Waals surface area contributed by atoms with E-state index >= 15 is 0 Å². The largest absolute Gasteiger partial charge is 0.438 e. The number of pyridine rings is 1. The number of anilines is 2. The highest BCUT2D eigenvalue weighted by Gasteiger charge is 2.15. The van der Waals surface area contributed by atoms with Crippen LogP contribution in [0.2, 0.25) is 0 Å².